The van der Waals surface area contributed by atoms with Crippen LogP contribution < -0.4 is 0 Å². The predicted octanol–water partition coefficient (Wildman–Crippen LogP) is 3.54. The second-order valence-corrected chi connectivity index (χ2v) is 7.84. The van der Waals surface area contributed by atoms with E-state index < -0.39 is 12.1 Å². The predicted molar refractivity (Wildman–Crippen MR) is 102 cm³/mol. The molecule has 0 aromatic heterocycles. The van der Waals surface area contributed by atoms with Gasteiger partial charge in [-0.05, 0) is 56.8 Å². The number of fused-ring (bicyclic) bond motifs is 1. The van der Waals surface area contributed by atoms with Gasteiger partial charge in [0.25, 0.3) is 0 Å². The minimum atomic E-state index is -0.738. The van der Waals surface area contributed by atoms with Crippen molar-refractivity contribution in [2.75, 3.05) is 0 Å². The quantitative estimate of drug-likeness (QED) is 0.351. The molecule has 2 aliphatic rings. The molecule has 2 saturated carbocycles. The summed E-state index contributed by atoms with van der Waals surface area (Å²) in [5.41, 5.74) is 1.41. The third-order valence-corrected chi connectivity index (χ3v) is 5.85. The first-order valence-electron chi connectivity index (χ1n) is 9.76. The molecule has 144 valence electrons. The summed E-state index contributed by atoms with van der Waals surface area (Å²) in [6, 6.07) is 0. The fourth-order valence-electron chi connectivity index (χ4n) is 4.31. The molecule has 0 amide bonds. The Morgan fingerprint density at radius 1 is 1.38 bits per heavy atom. The van der Waals surface area contributed by atoms with Crippen molar-refractivity contribution < 1.29 is 20.1 Å². The van der Waals surface area contributed by atoms with Crippen LogP contribution in [0.2, 0.25) is 0 Å². The monoisotopic (exact) mass is 360 g/mol. The first kappa shape index (κ1) is 20.7. The molecule has 4 heteroatoms. The highest BCUT2D eigenvalue weighted by molar-refractivity contribution is 5.66. The smallest absolute Gasteiger partial charge is 0.303 e. The molecule has 3 N–H and O–H groups in total. The largest absolute Gasteiger partial charge is 0.481 e. The summed E-state index contributed by atoms with van der Waals surface area (Å²) in [7, 11) is 0. The number of carbonyl (C=O) groups is 1. The third kappa shape index (κ3) is 5.72. The Morgan fingerprint density at radius 2 is 2.15 bits per heavy atom. The van der Waals surface area contributed by atoms with Gasteiger partial charge in [-0.25, -0.2) is 0 Å². The molecule has 2 aliphatic carbocycles. The lowest BCUT2D eigenvalue weighted by molar-refractivity contribution is -0.137. The molecule has 6 atom stereocenters. The lowest BCUT2D eigenvalue weighted by Crippen LogP contribution is -2.19. The second kappa shape index (κ2) is 9.94. The van der Waals surface area contributed by atoms with Crippen LogP contribution in [-0.2, 0) is 4.79 Å². The number of unbranched alkanes of at least 4 members (excludes halogenated alkanes) is 1. The zero-order chi connectivity index (χ0) is 19.1. The molecule has 26 heavy (non-hydrogen) atoms. The fraction of sp³-hybridized carbons (Fsp3) is 0.682. The Bertz CT molecular complexity index is 595. The molecule has 0 unspecified atom stereocenters. The van der Waals surface area contributed by atoms with E-state index in [2.05, 4.69) is 17.9 Å². The van der Waals surface area contributed by atoms with E-state index in [1.165, 1.54) is 5.57 Å². The molecule has 0 radical (unpaired) electrons. The van der Waals surface area contributed by atoms with Gasteiger partial charge in [-0.2, -0.15) is 0 Å². The third-order valence-electron chi connectivity index (χ3n) is 5.85. The van der Waals surface area contributed by atoms with Crippen molar-refractivity contribution >= 4 is 5.97 Å². The van der Waals surface area contributed by atoms with Crippen LogP contribution in [0.1, 0.15) is 58.8 Å². The molecule has 0 aliphatic heterocycles. The molecule has 4 nitrogen and oxygen atoms in total. The minimum Gasteiger partial charge on any atom is -0.481 e. The fourth-order valence-corrected chi connectivity index (χ4v) is 4.31. The molecular formula is C22H32O4. The van der Waals surface area contributed by atoms with Crippen LogP contribution in [0.3, 0.4) is 0 Å². The maximum Gasteiger partial charge on any atom is 0.303 e. The standard InChI is InChI=1S/C22H32O4/c1-3-4-7-15(2)20(23)11-10-18-19-13-16(8-5-6-9-22(25)26)12-17(19)14-21(18)24/h8,10-11,15,17-21,23-24H,5-7,9,12-14H2,1-2H3,(H,25,26)/b11-10+,16-8?/t15-,17-,18+,19-,20+,21+/m0/s1. The molecule has 0 saturated heterocycles. The van der Waals surface area contributed by atoms with E-state index in [-0.39, 0.29) is 24.4 Å². The molecule has 0 aromatic carbocycles. The van der Waals surface area contributed by atoms with Crippen LogP contribution in [0, 0.1) is 35.5 Å². The van der Waals surface area contributed by atoms with Crippen molar-refractivity contribution in [1.29, 1.82) is 0 Å². The van der Waals surface area contributed by atoms with Crippen LogP contribution in [0.5, 0.6) is 0 Å². The normalized spacial score (nSPS) is 31.6. The van der Waals surface area contributed by atoms with Gasteiger partial charge in [0, 0.05) is 18.8 Å². The van der Waals surface area contributed by atoms with Gasteiger partial charge in [-0.3, -0.25) is 4.79 Å². The number of hydrogen-bond acceptors (Lipinski definition) is 3. The van der Waals surface area contributed by atoms with E-state index in [4.69, 9.17) is 5.11 Å². The van der Waals surface area contributed by atoms with Crippen LogP contribution in [0.25, 0.3) is 0 Å². The Morgan fingerprint density at radius 3 is 2.85 bits per heavy atom. The van der Waals surface area contributed by atoms with Crippen molar-refractivity contribution in [1.82, 2.24) is 0 Å². The van der Waals surface area contributed by atoms with E-state index in [1.807, 2.05) is 19.1 Å². The van der Waals surface area contributed by atoms with Gasteiger partial charge in [0.15, 0.2) is 0 Å². The average molecular weight is 360 g/mol. The van der Waals surface area contributed by atoms with Gasteiger partial charge in [0.1, 0.15) is 0 Å². The Kier molecular flexibility index (Phi) is 7.93. The maximum atomic E-state index is 10.6. The molecule has 0 bridgehead atoms. The number of hydrogen-bond donors (Lipinski definition) is 3. The lowest BCUT2D eigenvalue weighted by Gasteiger charge is -2.19. The number of allylic oxidation sites excluding steroid dienone is 2. The molecule has 2 rings (SSSR count). The van der Waals surface area contributed by atoms with E-state index in [9.17, 15) is 15.0 Å². The number of carboxylic acid groups (broad SMARTS) is 1. The topological polar surface area (TPSA) is 77.8 Å². The maximum absolute atomic E-state index is 10.6. The molecule has 0 heterocycles. The summed E-state index contributed by atoms with van der Waals surface area (Å²) < 4.78 is 0. The van der Waals surface area contributed by atoms with E-state index in [0.717, 1.165) is 25.7 Å². The average Bonchev–Trinajstić information content (AvgIpc) is 3.10. The highest BCUT2D eigenvalue weighted by Crippen LogP contribution is 2.50. The van der Waals surface area contributed by atoms with Crippen LogP contribution in [-0.4, -0.2) is 33.5 Å². The Hall–Kier alpha value is -1.57. The SMILES string of the molecule is CC#CC[C@H](C)[C@H](O)/C=C/[C@@H]1[C@H]2CC(=CCCCC(=O)O)C[C@H]2C[C@H]1O. The first-order valence-corrected chi connectivity index (χ1v) is 9.76. The van der Waals surface area contributed by atoms with Crippen molar-refractivity contribution in [3.05, 3.63) is 23.8 Å². The van der Waals surface area contributed by atoms with Crippen LogP contribution in [0.4, 0.5) is 0 Å². The number of aliphatic hydroxyl groups is 2. The van der Waals surface area contributed by atoms with Gasteiger partial charge < -0.3 is 15.3 Å². The number of rotatable bonds is 8. The van der Waals surface area contributed by atoms with Crippen LogP contribution >= 0.6 is 0 Å². The Balaban J connectivity index is 1.89. The molecular weight excluding hydrogens is 328 g/mol. The van der Waals surface area contributed by atoms with Gasteiger partial charge >= 0.3 is 5.97 Å². The van der Waals surface area contributed by atoms with Crippen molar-refractivity contribution in [2.24, 2.45) is 23.7 Å². The highest BCUT2D eigenvalue weighted by atomic mass is 16.4. The highest BCUT2D eigenvalue weighted by Gasteiger charge is 2.44. The Labute approximate surface area is 157 Å². The lowest BCUT2D eigenvalue weighted by atomic mass is 9.89. The van der Waals surface area contributed by atoms with Gasteiger partial charge in [0.05, 0.1) is 12.2 Å². The zero-order valence-electron chi connectivity index (χ0n) is 15.9. The zero-order valence-corrected chi connectivity index (χ0v) is 15.9. The summed E-state index contributed by atoms with van der Waals surface area (Å²) in [6.07, 6.45) is 10.4. The van der Waals surface area contributed by atoms with E-state index in [0.29, 0.717) is 24.7 Å². The van der Waals surface area contributed by atoms with Gasteiger partial charge in [-0.1, -0.05) is 30.7 Å². The minimum absolute atomic E-state index is 0.0845. The summed E-state index contributed by atoms with van der Waals surface area (Å²) in [4.78, 5) is 10.6. The van der Waals surface area contributed by atoms with E-state index in [1.54, 1.807) is 6.92 Å². The summed E-state index contributed by atoms with van der Waals surface area (Å²) in [6.45, 7) is 3.79. The van der Waals surface area contributed by atoms with Gasteiger partial charge in [-0.15, -0.1) is 11.8 Å². The van der Waals surface area contributed by atoms with Crippen LogP contribution in [0.15, 0.2) is 23.8 Å². The summed E-state index contributed by atoms with van der Waals surface area (Å²) >= 11 is 0. The van der Waals surface area contributed by atoms with Crippen molar-refractivity contribution in [3.63, 3.8) is 0 Å². The molecule has 0 spiro atoms. The molecule has 2 fully saturated rings. The van der Waals surface area contributed by atoms with Crippen molar-refractivity contribution in [3.8, 4) is 11.8 Å². The number of carboxylic acids is 1. The number of aliphatic hydroxyl groups excluding tert-OH is 2. The first-order chi connectivity index (χ1) is 12.4. The summed E-state index contributed by atoms with van der Waals surface area (Å²) in [5, 5.41) is 29.4. The van der Waals surface area contributed by atoms with Gasteiger partial charge in [0.2, 0.25) is 0 Å². The second-order valence-electron chi connectivity index (χ2n) is 7.84. The van der Waals surface area contributed by atoms with E-state index >= 15 is 0 Å². The number of aliphatic carboxylic acids is 1. The van der Waals surface area contributed by atoms with Crippen molar-refractivity contribution in [2.45, 2.75) is 71.0 Å². The summed E-state index contributed by atoms with van der Waals surface area (Å²) in [5.74, 6) is 6.25. The molecule has 0 aromatic rings.